The Hall–Kier alpha value is -1.08. The molecule has 1 N–H and O–H groups in total. The van der Waals surface area contributed by atoms with Crippen LogP contribution in [0.1, 0.15) is 6.92 Å². The maximum atomic E-state index is 11.5. The second-order valence-electron chi connectivity index (χ2n) is 3.17. The third kappa shape index (κ3) is 5.18. The first-order chi connectivity index (χ1) is 7.93. The number of esters is 1. The first kappa shape index (κ1) is 14.0. The SMILES string of the molecule is CCOC(=O)CS(=O)(=O)Nc1ccc(Br)cc1. The third-order valence-electron chi connectivity index (χ3n) is 1.73. The number of sulfonamides is 1. The molecule has 1 aromatic carbocycles. The number of halogens is 1. The number of hydrogen-bond acceptors (Lipinski definition) is 4. The molecule has 5 nitrogen and oxygen atoms in total. The van der Waals surface area contributed by atoms with Gasteiger partial charge in [-0.15, -0.1) is 0 Å². The van der Waals surface area contributed by atoms with Gasteiger partial charge >= 0.3 is 5.97 Å². The van der Waals surface area contributed by atoms with Crippen molar-refractivity contribution in [1.82, 2.24) is 0 Å². The first-order valence-electron chi connectivity index (χ1n) is 4.84. The van der Waals surface area contributed by atoms with Gasteiger partial charge in [0.05, 0.1) is 6.61 Å². The number of benzene rings is 1. The minimum absolute atomic E-state index is 0.159. The summed E-state index contributed by atoms with van der Waals surface area (Å²) in [5.41, 5.74) is 0.400. The van der Waals surface area contributed by atoms with Crippen molar-refractivity contribution in [2.24, 2.45) is 0 Å². The molecule has 0 bridgehead atoms. The smallest absolute Gasteiger partial charge is 0.323 e. The van der Waals surface area contributed by atoms with Gasteiger partial charge in [-0.25, -0.2) is 8.42 Å². The maximum Gasteiger partial charge on any atom is 0.323 e. The van der Waals surface area contributed by atoms with Crippen LogP contribution >= 0.6 is 15.9 Å². The van der Waals surface area contributed by atoms with E-state index in [1.807, 2.05) is 0 Å². The third-order valence-corrected chi connectivity index (χ3v) is 3.42. The molecule has 0 heterocycles. The van der Waals surface area contributed by atoms with Crippen molar-refractivity contribution >= 4 is 37.6 Å². The monoisotopic (exact) mass is 321 g/mol. The predicted octanol–water partition coefficient (Wildman–Crippen LogP) is 1.75. The molecule has 0 spiro atoms. The molecule has 94 valence electrons. The highest BCUT2D eigenvalue weighted by Crippen LogP contribution is 2.15. The lowest BCUT2D eigenvalue weighted by Gasteiger charge is -2.07. The number of nitrogens with one attached hydrogen (secondary N) is 1. The number of rotatable bonds is 5. The van der Waals surface area contributed by atoms with E-state index in [4.69, 9.17) is 0 Å². The fourth-order valence-corrected chi connectivity index (χ4v) is 2.32. The molecule has 0 saturated carbocycles. The van der Waals surface area contributed by atoms with Gasteiger partial charge in [-0.1, -0.05) is 15.9 Å². The molecule has 17 heavy (non-hydrogen) atoms. The van der Waals surface area contributed by atoms with E-state index in [0.717, 1.165) is 4.47 Å². The van der Waals surface area contributed by atoms with Crippen LogP contribution in [0, 0.1) is 0 Å². The van der Waals surface area contributed by atoms with E-state index in [1.165, 1.54) is 0 Å². The lowest BCUT2D eigenvalue weighted by Crippen LogP contribution is -2.24. The van der Waals surface area contributed by atoms with Crippen LogP contribution in [0.15, 0.2) is 28.7 Å². The van der Waals surface area contributed by atoms with Crippen LogP contribution in [0.2, 0.25) is 0 Å². The molecule has 0 aliphatic carbocycles. The molecular weight excluding hydrogens is 310 g/mol. The normalized spacial score (nSPS) is 10.9. The largest absolute Gasteiger partial charge is 0.465 e. The van der Waals surface area contributed by atoms with Crippen LogP contribution in [0.5, 0.6) is 0 Å². The summed E-state index contributed by atoms with van der Waals surface area (Å²) in [4.78, 5) is 11.1. The molecule has 1 aromatic rings. The summed E-state index contributed by atoms with van der Waals surface area (Å²) in [6, 6.07) is 6.57. The van der Waals surface area contributed by atoms with E-state index in [0.29, 0.717) is 5.69 Å². The number of anilines is 1. The second kappa shape index (κ2) is 6.02. The fourth-order valence-electron chi connectivity index (χ4n) is 1.09. The van der Waals surface area contributed by atoms with Gasteiger partial charge in [0.25, 0.3) is 0 Å². The number of hydrogen-bond donors (Lipinski definition) is 1. The van der Waals surface area contributed by atoms with E-state index >= 15 is 0 Å². The molecule has 0 aliphatic rings. The minimum Gasteiger partial charge on any atom is -0.465 e. The molecule has 0 radical (unpaired) electrons. The molecule has 0 aromatic heterocycles. The van der Waals surface area contributed by atoms with Gasteiger partial charge in [0.15, 0.2) is 5.75 Å². The van der Waals surface area contributed by atoms with Crippen LogP contribution in [-0.2, 0) is 19.6 Å². The average Bonchev–Trinajstić information content (AvgIpc) is 2.20. The van der Waals surface area contributed by atoms with Gasteiger partial charge in [-0.2, -0.15) is 0 Å². The Morgan fingerprint density at radius 1 is 1.35 bits per heavy atom. The van der Waals surface area contributed by atoms with E-state index in [9.17, 15) is 13.2 Å². The summed E-state index contributed by atoms with van der Waals surface area (Å²) in [5.74, 6) is -1.45. The van der Waals surface area contributed by atoms with Crippen molar-refractivity contribution in [3.63, 3.8) is 0 Å². The molecule has 0 amide bonds. The predicted molar refractivity (Wildman–Crippen MR) is 68.2 cm³/mol. The topological polar surface area (TPSA) is 72.5 Å². The molecular formula is C10H12BrNO4S. The van der Waals surface area contributed by atoms with E-state index in [2.05, 4.69) is 25.4 Å². The molecule has 0 unspecified atom stereocenters. The van der Waals surface area contributed by atoms with Crippen molar-refractivity contribution in [3.8, 4) is 0 Å². The van der Waals surface area contributed by atoms with E-state index in [-0.39, 0.29) is 6.61 Å². The number of ether oxygens (including phenoxy) is 1. The van der Waals surface area contributed by atoms with Crippen LogP contribution in [0.25, 0.3) is 0 Å². The molecule has 1 rings (SSSR count). The highest BCUT2D eigenvalue weighted by atomic mass is 79.9. The molecule has 0 fully saturated rings. The zero-order valence-electron chi connectivity index (χ0n) is 9.14. The Kier molecular flexibility index (Phi) is 4.95. The van der Waals surface area contributed by atoms with Gasteiger partial charge in [0.2, 0.25) is 10.0 Å². The van der Waals surface area contributed by atoms with Gasteiger partial charge in [-0.3, -0.25) is 9.52 Å². The van der Waals surface area contributed by atoms with Crippen molar-refractivity contribution in [1.29, 1.82) is 0 Å². The number of carbonyl (C=O) groups is 1. The maximum absolute atomic E-state index is 11.5. The van der Waals surface area contributed by atoms with Gasteiger partial charge in [0.1, 0.15) is 0 Å². The Morgan fingerprint density at radius 3 is 2.47 bits per heavy atom. The second-order valence-corrected chi connectivity index (χ2v) is 5.81. The molecule has 0 aliphatic heterocycles. The van der Waals surface area contributed by atoms with Crippen LogP contribution in [0.4, 0.5) is 5.69 Å². The van der Waals surface area contributed by atoms with Crippen LogP contribution in [0.3, 0.4) is 0 Å². The lowest BCUT2D eigenvalue weighted by atomic mass is 10.3. The lowest BCUT2D eigenvalue weighted by molar-refractivity contribution is -0.139. The van der Waals surface area contributed by atoms with Gasteiger partial charge in [-0.05, 0) is 31.2 Å². The molecule has 0 atom stereocenters. The molecule has 0 saturated heterocycles. The average molecular weight is 322 g/mol. The summed E-state index contributed by atoms with van der Waals surface area (Å²) < 4.78 is 30.8. The highest BCUT2D eigenvalue weighted by molar-refractivity contribution is 9.10. The Labute approximate surface area is 108 Å². The first-order valence-corrected chi connectivity index (χ1v) is 7.29. The Morgan fingerprint density at radius 2 is 1.94 bits per heavy atom. The van der Waals surface area contributed by atoms with Crippen LogP contribution < -0.4 is 4.72 Å². The standard InChI is InChI=1S/C10H12BrNO4S/c1-2-16-10(13)7-17(14,15)12-9-5-3-8(11)4-6-9/h3-6,12H,2,7H2,1H3. The zero-order valence-corrected chi connectivity index (χ0v) is 11.5. The number of carbonyl (C=O) groups excluding carboxylic acids is 1. The zero-order chi connectivity index (χ0) is 12.9. The van der Waals surface area contributed by atoms with E-state index in [1.54, 1.807) is 31.2 Å². The van der Waals surface area contributed by atoms with E-state index < -0.39 is 21.7 Å². The quantitative estimate of drug-likeness (QED) is 0.839. The van der Waals surface area contributed by atoms with Crippen molar-refractivity contribution in [2.75, 3.05) is 17.1 Å². The van der Waals surface area contributed by atoms with Crippen LogP contribution in [-0.4, -0.2) is 26.7 Å². The van der Waals surface area contributed by atoms with Crippen molar-refractivity contribution in [3.05, 3.63) is 28.7 Å². The Bertz CT molecular complexity index is 484. The summed E-state index contributed by atoms with van der Waals surface area (Å²) in [7, 11) is -3.71. The Balaban J connectivity index is 2.66. The van der Waals surface area contributed by atoms with Crippen molar-refractivity contribution in [2.45, 2.75) is 6.92 Å². The summed E-state index contributed by atoms with van der Waals surface area (Å²) in [6.07, 6.45) is 0. The van der Waals surface area contributed by atoms with Crippen molar-refractivity contribution < 1.29 is 17.9 Å². The summed E-state index contributed by atoms with van der Waals surface area (Å²) >= 11 is 3.23. The fraction of sp³-hybridized carbons (Fsp3) is 0.300. The van der Waals surface area contributed by atoms with Gasteiger partial charge in [0, 0.05) is 10.2 Å². The summed E-state index contributed by atoms with van der Waals surface area (Å²) in [6.45, 7) is 1.78. The highest BCUT2D eigenvalue weighted by Gasteiger charge is 2.17. The minimum atomic E-state index is -3.71. The molecule has 7 heteroatoms. The van der Waals surface area contributed by atoms with Gasteiger partial charge < -0.3 is 4.74 Å². The summed E-state index contributed by atoms with van der Waals surface area (Å²) in [5, 5.41) is 0.